The van der Waals surface area contributed by atoms with Crippen molar-refractivity contribution in [1.29, 1.82) is 0 Å². The Morgan fingerprint density at radius 1 is 1.38 bits per heavy atom. The Kier molecular flexibility index (Phi) is 5.94. The Hall–Kier alpha value is -1.95. The van der Waals surface area contributed by atoms with Crippen molar-refractivity contribution in [2.24, 2.45) is 11.8 Å². The Labute approximate surface area is 146 Å². The van der Waals surface area contributed by atoms with E-state index in [0.29, 0.717) is 35.2 Å². The van der Waals surface area contributed by atoms with Crippen molar-refractivity contribution >= 4 is 23.5 Å². The van der Waals surface area contributed by atoms with E-state index in [1.165, 1.54) is 13.2 Å². The molecule has 1 heterocycles. The molecule has 0 bridgehead atoms. The molecule has 7 heteroatoms. The Morgan fingerprint density at radius 2 is 2.08 bits per heavy atom. The lowest BCUT2D eigenvalue weighted by molar-refractivity contribution is -0.142. The van der Waals surface area contributed by atoms with Crippen LogP contribution >= 0.6 is 11.6 Å². The lowest BCUT2D eigenvalue weighted by Gasteiger charge is -2.18. The summed E-state index contributed by atoms with van der Waals surface area (Å²) in [4.78, 5) is 25.4. The lowest BCUT2D eigenvalue weighted by atomic mass is 9.99. The van der Waals surface area contributed by atoms with Crippen LogP contribution in [-0.2, 0) is 4.79 Å². The fourth-order valence-corrected chi connectivity index (χ4v) is 3.09. The van der Waals surface area contributed by atoms with Gasteiger partial charge < -0.3 is 19.5 Å². The summed E-state index contributed by atoms with van der Waals surface area (Å²) in [5, 5.41) is 9.50. The number of nitrogens with zero attached hydrogens (tertiary/aromatic N) is 1. The molecule has 1 saturated heterocycles. The number of aliphatic carboxylic acids is 1. The average Bonchev–Trinajstić information content (AvgIpc) is 2.94. The minimum absolute atomic E-state index is 0.0871. The van der Waals surface area contributed by atoms with E-state index in [1.54, 1.807) is 11.0 Å². The highest BCUT2D eigenvalue weighted by atomic mass is 35.5. The first kappa shape index (κ1) is 18.4. The predicted molar refractivity (Wildman–Crippen MR) is 90.0 cm³/mol. The smallest absolute Gasteiger partial charge is 0.308 e. The van der Waals surface area contributed by atoms with E-state index in [0.717, 1.165) is 6.42 Å². The van der Waals surface area contributed by atoms with Crippen LogP contribution < -0.4 is 9.47 Å². The third kappa shape index (κ3) is 3.75. The number of ether oxygens (including phenoxy) is 2. The molecular weight excluding hydrogens is 334 g/mol. The molecule has 0 aromatic heterocycles. The second-order valence-corrected chi connectivity index (χ2v) is 6.38. The topological polar surface area (TPSA) is 76.1 Å². The van der Waals surface area contributed by atoms with Crippen LogP contribution in [0.1, 0.15) is 30.6 Å². The summed E-state index contributed by atoms with van der Waals surface area (Å²) >= 11 is 6.24. The highest BCUT2D eigenvalue weighted by Gasteiger charge is 2.37. The van der Waals surface area contributed by atoms with Crippen LogP contribution in [0.2, 0.25) is 5.02 Å². The van der Waals surface area contributed by atoms with E-state index in [-0.39, 0.29) is 18.4 Å². The summed E-state index contributed by atoms with van der Waals surface area (Å²) in [6, 6.07) is 3.12. The number of carboxylic acid groups (broad SMARTS) is 1. The number of carboxylic acids is 1. The van der Waals surface area contributed by atoms with E-state index in [4.69, 9.17) is 21.1 Å². The normalized spacial score (nSPS) is 20.1. The van der Waals surface area contributed by atoms with Crippen LogP contribution in [0.5, 0.6) is 11.5 Å². The molecule has 1 aromatic rings. The van der Waals surface area contributed by atoms with Crippen molar-refractivity contribution in [2.75, 3.05) is 26.8 Å². The van der Waals surface area contributed by atoms with Crippen LogP contribution in [-0.4, -0.2) is 48.7 Å². The first-order chi connectivity index (χ1) is 11.4. The maximum atomic E-state index is 12.7. The summed E-state index contributed by atoms with van der Waals surface area (Å²) in [7, 11) is 1.48. The van der Waals surface area contributed by atoms with Gasteiger partial charge in [0.25, 0.3) is 5.91 Å². The molecule has 2 rings (SSSR count). The second-order valence-electron chi connectivity index (χ2n) is 5.97. The zero-order valence-electron chi connectivity index (χ0n) is 14.0. The molecule has 0 aliphatic carbocycles. The molecule has 1 amide bonds. The van der Waals surface area contributed by atoms with Crippen molar-refractivity contribution < 1.29 is 24.2 Å². The molecule has 0 saturated carbocycles. The second kappa shape index (κ2) is 7.75. The molecule has 0 spiro atoms. The van der Waals surface area contributed by atoms with Crippen LogP contribution in [0.4, 0.5) is 0 Å². The van der Waals surface area contributed by atoms with Gasteiger partial charge in [-0.2, -0.15) is 0 Å². The van der Waals surface area contributed by atoms with Crippen LogP contribution in [0.25, 0.3) is 0 Å². The number of benzene rings is 1. The zero-order valence-corrected chi connectivity index (χ0v) is 14.8. The molecule has 24 heavy (non-hydrogen) atoms. The summed E-state index contributed by atoms with van der Waals surface area (Å²) in [6.45, 7) is 4.91. The van der Waals surface area contributed by atoms with Gasteiger partial charge in [-0.3, -0.25) is 9.59 Å². The van der Waals surface area contributed by atoms with Gasteiger partial charge in [-0.15, -0.1) is 0 Å². The Morgan fingerprint density at radius 3 is 2.62 bits per heavy atom. The maximum Gasteiger partial charge on any atom is 0.308 e. The molecule has 0 unspecified atom stereocenters. The highest BCUT2D eigenvalue weighted by Crippen LogP contribution is 2.37. The van der Waals surface area contributed by atoms with E-state index < -0.39 is 11.9 Å². The number of carbonyl (C=O) groups is 2. The van der Waals surface area contributed by atoms with Gasteiger partial charge in [-0.25, -0.2) is 0 Å². The number of rotatable bonds is 6. The summed E-state index contributed by atoms with van der Waals surface area (Å²) in [6.07, 6.45) is 0.822. The first-order valence-electron chi connectivity index (χ1n) is 7.91. The van der Waals surface area contributed by atoms with Gasteiger partial charge >= 0.3 is 5.97 Å². The number of hydrogen-bond donors (Lipinski definition) is 1. The predicted octanol–water partition coefficient (Wildman–Crippen LogP) is 2.93. The van der Waals surface area contributed by atoms with Gasteiger partial charge in [0.1, 0.15) is 0 Å². The van der Waals surface area contributed by atoms with Crippen molar-refractivity contribution in [1.82, 2.24) is 4.90 Å². The molecule has 2 atom stereocenters. The monoisotopic (exact) mass is 355 g/mol. The minimum atomic E-state index is -0.878. The third-order valence-electron chi connectivity index (χ3n) is 4.14. The molecule has 1 fully saturated rings. The molecule has 0 radical (unpaired) electrons. The maximum absolute atomic E-state index is 12.7. The van der Waals surface area contributed by atoms with Crippen molar-refractivity contribution in [2.45, 2.75) is 20.3 Å². The third-order valence-corrected chi connectivity index (χ3v) is 4.42. The molecular formula is C17H22ClNO5. The van der Waals surface area contributed by atoms with Gasteiger partial charge in [0, 0.05) is 18.7 Å². The van der Waals surface area contributed by atoms with E-state index >= 15 is 0 Å². The highest BCUT2D eigenvalue weighted by molar-refractivity contribution is 6.32. The SMILES string of the molecule is CCCOc1c(Cl)cc(C(=O)N2C[C@@H](C)[C@H](C(=O)O)C2)cc1OC. The van der Waals surface area contributed by atoms with Gasteiger partial charge in [0.05, 0.1) is 24.7 Å². The van der Waals surface area contributed by atoms with Gasteiger partial charge in [0.15, 0.2) is 11.5 Å². The fourth-order valence-electron chi connectivity index (χ4n) is 2.82. The standard InChI is InChI=1S/C17H22ClNO5/c1-4-5-24-15-13(18)6-11(7-14(15)23-3)16(20)19-8-10(2)12(9-19)17(21)22/h6-7,10,12H,4-5,8-9H2,1-3H3,(H,21,22)/t10-,12-/m1/s1. The van der Waals surface area contributed by atoms with Crippen molar-refractivity contribution in [3.63, 3.8) is 0 Å². The molecule has 1 N–H and O–H groups in total. The number of halogens is 1. The van der Waals surface area contributed by atoms with E-state index in [2.05, 4.69) is 0 Å². The number of carbonyl (C=O) groups excluding carboxylic acids is 1. The summed E-state index contributed by atoms with van der Waals surface area (Å²) in [5.74, 6) is -0.962. The number of hydrogen-bond acceptors (Lipinski definition) is 4. The molecule has 1 aliphatic heterocycles. The quantitative estimate of drug-likeness (QED) is 0.849. The largest absolute Gasteiger partial charge is 0.493 e. The zero-order chi connectivity index (χ0) is 17.9. The number of amides is 1. The lowest BCUT2D eigenvalue weighted by Crippen LogP contribution is -2.30. The van der Waals surface area contributed by atoms with Gasteiger partial charge in [-0.05, 0) is 24.5 Å². The first-order valence-corrected chi connectivity index (χ1v) is 8.29. The van der Waals surface area contributed by atoms with Crippen molar-refractivity contribution in [3.05, 3.63) is 22.7 Å². The van der Waals surface area contributed by atoms with Crippen LogP contribution in [0, 0.1) is 11.8 Å². The fraction of sp³-hybridized carbons (Fsp3) is 0.529. The Bertz CT molecular complexity index is 634. The summed E-state index contributed by atoms with van der Waals surface area (Å²) in [5.41, 5.74) is 0.360. The van der Waals surface area contributed by atoms with Gasteiger partial charge in [0.2, 0.25) is 0 Å². The van der Waals surface area contributed by atoms with Crippen LogP contribution in [0.3, 0.4) is 0 Å². The molecule has 6 nitrogen and oxygen atoms in total. The number of likely N-dealkylation sites (tertiary alicyclic amines) is 1. The molecule has 132 valence electrons. The molecule has 1 aliphatic rings. The van der Waals surface area contributed by atoms with Crippen LogP contribution in [0.15, 0.2) is 12.1 Å². The minimum Gasteiger partial charge on any atom is -0.493 e. The summed E-state index contributed by atoms with van der Waals surface area (Å²) < 4.78 is 10.9. The average molecular weight is 356 g/mol. The number of methoxy groups -OCH3 is 1. The van der Waals surface area contributed by atoms with E-state index in [1.807, 2.05) is 13.8 Å². The van der Waals surface area contributed by atoms with Gasteiger partial charge in [-0.1, -0.05) is 25.4 Å². The van der Waals surface area contributed by atoms with Crippen molar-refractivity contribution in [3.8, 4) is 11.5 Å². The van der Waals surface area contributed by atoms with E-state index in [9.17, 15) is 14.7 Å². The Balaban J connectivity index is 2.24. The molecule has 1 aromatic carbocycles.